The van der Waals surface area contributed by atoms with Crippen molar-refractivity contribution in [1.82, 2.24) is 0 Å². The fraction of sp³-hybridized carbons (Fsp3) is 0.323. The van der Waals surface area contributed by atoms with E-state index >= 15 is 0 Å². The molecule has 0 N–H and O–H groups in total. The van der Waals surface area contributed by atoms with E-state index in [1.54, 1.807) is 0 Å². The monoisotopic (exact) mass is 466 g/mol. The summed E-state index contributed by atoms with van der Waals surface area (Å²) in [6.07, 6.45) is 3.44. The zero-order chi connectivity index (χ0) is 24.0. The molecule has 4 heteroatoms. The van der Waals surface area contributed by atoms with Crippen molar-refractivity contribution in [1.29, 1.82) is 0 Å². The predicted octanol–water partition coefficient (Wildman–Crippen LogP) is 5.66. The zero-order valence-electron chi connectivity index (χ0n) is 19.8. The van der Waals surface area contributed by atoms with Gasteiger partial charge in [-0.15, -0.1) is 0 Å². The zero-order valence-corrected chi connectivity index (χ0v) is 19.8. The number of carbonyl (C=O) groups is 1. The Morgan fingerprint density at radius 2 is 1.54 bits per heavy atom. The van der Waals surface area contributed by atoms with Crippen molar-refractivity contribution < 1.29 is 19.0 Å². The molecular formula is C31H30O4. The quantitative estimate of drug-likeness (QED) is 0.347. The van der Waals surface area contributed by atoms with Gasteiger partial charge in [-0.05, 0) is 42.0 Å². The molecule has 1 heterocycles. The maximum absolute atomic E-state index is 12.6. The van der Waals surface area contributed by atoms with Crippen LogP contribution in [0.25, 0.3) is 0 Å². The minimum absolute atomic E-state index is 0.134. The van der Waals surface area contributed by atoms with Crippen LogP contribution in [0, 0.1) is 11.8 Å². The fourth-order valence-corrected chi connectivity index (χ4v) is 4.99. The van der Waals surface area contributed by atoms with Gasteiger partial charge in [-0.2, -0.15) is 0 Å². The number of rotatable bonds is 6. The first-order valence-electron chi connectivity index (χ1n) is 12.3. The lowest BCUT2D eigenvalue weighted by molar-refractivity contribution is -0.216. The second-order valence-corrected chi connectivity index (χ2v) is 9.37. The Morgan fingerprint density at radius 1 is 0.914 bits per heavy atom. The molecule has 0 aromatic heterocycles. The van der Waals surface area contributed by atoms with Gasteiger partial charge in [-0.1, -0.05) is 90.7 Å². The van der Waals surface area contributed by atoms with E-state index in [9.17, 15) is 4.79 Å². The van der Waals surface area contributed by atoms with Gasteiger partial charge in [-0.3, -0.25) is 4.79 Å². The summed E-state index contributed by atoms with van der Waals surface area (Å²) in [7, 11) is 0. The smallest absolute Gasteiger partial charge is 0.187 e. The van der Waals surface area contributed by atoms with Crippen molar-refractivity contribution in [3.8, 4) is 11.8 Å². The standard InChI is InChI=1S/C31H30O4/c32-23-30(24-34-31(35-30)20-18-28(19-21-31)27-14-8-3-9-15-27)29(17-16-25-10-4-1-5-11-25)33-22-26-12-6-2-7-13-26/h1-15,23,28-29H,18-22,24H2. The average molecular weight is 467 g/mol. The van der Waals surface area contributed by atoms with E-state index in [2.05, 4.69) is 36.1 Å². The van der Waals surface area contributed by atoms with Gasteiger partial charge in [0.1, 0.15) is 0 Å². The molecule has 3 aromatic carbocycles. The molecule has 0 bridgehead atoms. The van der Waals surface area contributed by atoms with Gasteiger partial charge >= 0.3 is 0 Å². The Labute approximate surface area is 207 Å². The Balaban J connectivity index is 1.35. The lowest BCUT2D eigenvalue weighted by atomic mass is 9.81. The van der Waals surface area contributed by atoms with Crippen LogP contribution in [0.2, 0.25) is 0 Å². The SMILES string of the molecule is O=CC1(C(C#Cc2ccccc2)OCc2ccccc2)COC2(CCC(c3ccccc3)CC2)O1. The highest BCUT2D eigenvalue weighted by atomic mass is 16.8. The van der Waals surface area contributed by atoms with Crippen molar-refractivity contribution >= 4 is 6.29 Å². The van der Waals surface area contributed by atoms with Crippen LogP contribution in [-0.4, -0.2) is 30.4 Å². The maximum Gasteiger partial charge on any atom is 0.187 e. The van der Waals surface area contributed by atoms with Gasteiger partial charge < -0.3 is 14.2 Å². The van der Waals surface area contributed by atoms with Crippen molar-refractivity contribution in [2.45, 2.75) is 55.7 Å². The third-order valence-electron chi connectivity index (χ3n) is 6.98. The maximum atomic E-state index is 12.6. The van der Waals surface area contributed by atoms with E-state index in [0.29, 0.717) is 12.5 Å². The van der Waals surface area contributed by atoms with E-state index in [-0.39, 0.29) is 6.61 Å². The lowest BCUT2D eigenvalue weighted by Crippen LogP contribution is -2.49. The Morgan fingerprint density at radius 3 is 2.20 bits per heavy atom. The van der Waals surface area contributed by atoms with E-state index in [1.165, 1.54) is 5.56 Å². The van der Waals surface area contributed by atoms with Gasteiger partial charge in [0.25, 0.3) is 0 Å². The van der Waals surface area contributed by atoms with Crippen LogP contribution in [0.15, 0.2) is 91.0 Å². The van der Waals surface area contributed by atoms with E-state index < -0.39 is 17.5 Å². The number of hydrogen-bond donors (Lipinski definition) is 0. The highest BCUT2D eigenvalue weighted by molar-refractivity contribution is 5.66. The van der Waals surface area contributed by atoms with Crippen LogP contribution in [0.4, 0.5) is 0 Å². The van der Waals surface area contributed by atoms with Crippen molar-refractivity contribution in [2.24, 2.45) is 0 Å². The molecule has 5 rings (SSSR count). The van der Waals surface area contributed by atoms with Crippen LogP contribution in [-0.2, 0) is 25.6 Å². The molecule has 1 saturated heterocycles. The topological polar surface area (TPSA) is 44.8 Å². The predicted molar refractivity (Wildman–Crippen MR) is 135 cm³/mol. The minimum atomic E-state index is -1.27. The molecule has 0 amide bonds. The summed E-state index contributed by atoms with van der Waals surface area (Å²) in [6, 6.07) is 30.2. The number of ether oxygens (including phenoxy) is 3. The summed E-state index contributed by atoms with van der Waals surface area (Å²) in [5.74, 6) is 6.06. The average Bonchev–Trinajstić information content (AvgIpc) is 3.30. The summed E-state index contributed by atoms with van der Waals surface area (Å²) >= 11 is 0. The molecule has 2 aliphatic rings. The summed E-state index contributed by atoms with van der Waals surface area (Å²) in [4.78, 5) is 12.6. The number of carbonyl (C=O) groups excluding carboxylic acids is 1. The first kappa shape index (κ1) is 23.5. The summed E-state index contributed by atoms with van der Waals surface area (Å²) < 4.78 is 19.0. The highest BCUT2D eigenvalue weighted by Gasteiger charge is 2.56. The highest BCUT2D eigenvalue weighted by Crippen LogP contribution is 2.46. The van der Waals surface area contributed by atoms with E-state index in [4.69, 9.17) is 14.2 Å². The molecule has 178 valence electrons. The van der Waals surface area contributed by atoms with E-state index in [1.807, 2.05) is 66.7 Å². The van der Waals surface area contributed by atoms with E-state index in [0.717, 1.165) is 43.1 Å². The van der Waals surface area contributed by atoms with Gasteiger partial charge in [0.2, 0.25) is 0 Å². The number of aldehydes is 1. The summed E-state index contributed by atoms with van der Waals surface area (Å²) in [5.41, 5.74) is 1.95. The second-order valence-electron chi connectivity index (χ2n) is 9.37. The number of benzene rings is 3. The molecule has 1 saturated carbocycles. The molecule has 2 fully saturated rings. The van der Waals surface area contributed by atoms with Crippen molar-refractivity contribution in [2.75, 3.05) is 6.61 Å². The molecule has 0 radical (unpaired) electrons. The molecule has 1 spiro atoms. The molecule has 35 heavy (non-hydrogen) atoms. The normalized spacial score (nSPS) is 26.6. The third kappa shape index (κ3) is 5.39. The Kier molecular flexibility index (Phi) is 7.11. The van der Waals surface area contributed by atoms with Crippen LogP contribution < -0.4 is 0 Å². The van der Waals surface area contributed by atoms with Crippen LogP contribution in [0.1, 0.15) is 48.3 Å². The number of hydrogen-bond acceptors (Lipinski definition) is 4. The molecule has 2 unspecified atom stereocenters. The first-order valence-corrected chi connectivity index (χ1v) is 12.3. The minimum Gasteiger partial charge on any atom is -0.357 e. The van der Waals surface area contributed by atoms with Gasteiger partial charge in [0.05, 0.1) is 13.2 Å². The molecular weight excluding hydrogens is 436 g/mol. The second kappa shape index (κ2) is 10.6. The molecule has 3 aromatic rings. The first-order chi connectivity index (χ1) is 17.2. The summed E-state index contributed by atoms with van der Waals surface area (Å²) in [6.45, 7) is 0.465. The van der Waals surface area contributed by atoms with Crippen LogP contribution in [0.5, 0.6) is 0 Å². The molecule has 1 aliphatic carbocycles. The van der Waals surface area contributed by atoms with Crippen LogP contribution >= 0.6 is 0 Å². The van der Waals surface area contributed by atoms with Crippen molar-refractivity contribution in [3.05, 3.63) is 108 Å². The molecule has 4 nitrogen and oxygen atoms in total. The Hall–Kier alpha value is -3.23. The lowest BCUT2D eigenvalue weighted by Gasteiger charge is -2.37. The largest absolute Gasteiger partial charge is 0.357 e. The van der Waals surface area contributed by atoms with Gasteiger partial charge in [0, 0.05) is 18.4 Å². The van der Waals surface area contributed by atoms with Gasteiger partial charge in [0.15, 0.2) is 23.8 Å². The molecule has 2 atom stereocenters. The molecule has 1 aliphatic heterocycles. The Bertz CT molecular complexity index is 1160. The van der Waals surface area contributed by atoms with Crippen molar-refractivity contribution in [3.63, 3.8) is 0 Å². The third-order valence-corrected chi connectivity index (χ3v) is 6.98. The van der Waals surface area contributed by atoms with Gasteiger partial charge in [-0.25, -0.2) is 0 Å². The summed E-state index contributed by atoms with van der Waals surface area (Å²) in [5, 5.41) is 0. The fourth-order valence-electron chi connectivity index (χ4n) is 4.99. The van der Waals surface area contributed by atoms with Crippen LogP contribution in [0.3, 0.4) is 0 Å².